The van der Waals surface area contributed by atoms with Crippen molar-refractivity contribution in [2.75, 3.05) is 5.73 Å². The van der Waals surface area contributed by atoms with Crippen molar-refractivity contribution in [3.63, 3.8) is 0 Å². The van der Waals surface area contributed by atoms with E-state index in [4.69, 9.17) is 22.3 Å². The predicted octanol–water partition coefficient (Wildman–Crippen LogP) is 6.25. The van der Waals surface area contributed by atoms with Crippen LogP contribution < -0.4 is 11.1 Å². The molecule has 0 aliphatic heterocycles. The van der Waals surface area contributed by atoms with Gasteiger partial charge < -0.3 is 11.1 Å². The lowest BCUT2D eigenvalue weighted by Crippen LogP contribution is -2.22. The third-order valence-electron chi connectivity index (χ3n) is 5.01. The number of aromatic nitrogens is 2. The fourth-order valence-electron chi connectivity index (χ4n) is 3.46. The quantitative estimate of drug-likeness (QED) is 0.314. The van der Waals surface area contributed by atoms with Crippen LogP contribution in [0.5, 0.6) is 0 Å². The van der Waals surface area contributed by atoms with Crippen LogP contribution in [-0.4, -0.2) is 15.9 Å². The number of fused-ring (bicyclic) bond motifs is 1. The summed E-state index contributed by atoms with van der Waals surface area (Å²) >= 11 is 9.03. The lowest BCUT2D eigenvalue weighted by atomic mass is 10.0. The highest BCUT2D eigenvalue weighted by atomic mass is 35.5. The number of hydrogen-bond donors (Lipinski definition) is 2. The molecule has 0 bridgehead atoms. The number of benzene rings is 1. The zero-order valence-corrected chi connectivity index (χ0v) is 19.1. The van der Waals surface area contributed by atoms with Crippen LogP contribution in [0.2, 0.25) is 5.02 Å². The van der Waals surface area contributed by atoms with E-state index >= 15 is 0 Å². The average molecular weight is 477 g/mol. The third-order valence-corrected chi connectivity index (χ3v) is 7.25. The topological polar surface area (TPSA) is 80.9 Å². The standard InChI is InChI=1S/C24H17ClN4OS2/c25-16-7-5-15(6-8-16)17-11-18(19-4-2-10-31-19)29-24-20(17)21(26)22(32-24)23(30)28-13-14-3-1-9-27-12-14/h1-12H,13,26H2,(H,28,30). The first kappa shape index (κ1) is 20.6. The Balaban J connectivity index is 1.60. The summed E-state index contributed by atoms with van der Waals surface area (Å²) in [4.78, 5) is 24.1. The first-order valence-corrected chi connectivity index (χ1v) is 11.9. The maximum atomic E-state index is 13.0. The number of anilines is 1. The fourth-order valence-corrected chi connectivity index (χ4v) is 5.31. The van der Waals surface area contributed by atoms with Gasteiger partial charge in [-0.1, -0.05) is 35.9 Å². The second-order valence-corrected chi connectivity index (χ2v) is 9.49. The van der Waals surface area contributed by atoms with Gasteiger partial charge in [-0.2, -0.15) is 0 Å². The predicted molar refractivity (Wildman–Crippen MR) is 133 cm³/mol. The number of nitrogens with two attached hydrogens (primary N) is 1. The van der Waals surface area contributed by atoms with Gasteiger partial charge in [-0.3, -0.25) is 9.78 Å². The molecule has 0 aliphatic carbocycles. The maximum absolute atomic E-state index is 13.0. The summed E-state index contributed by atoms with van der Waals surface area (Å²) in [6.45, 7) is 0.373. The number of carbonyl (C=O) groups excluding carboxylic acids is 1. The molecule has 1 aromatic carbocycles. The number of nitrogens with zero attached hydrogens (tertiary/aromatic N) is 2. The van der Waals surface area contributed by atoms with Gasteiger partial charge >= 0.3 is 0 Å². The number of thiophene rings is 2. The molecule has 5 aromatic rings. The Morgan fingerprint density at radius 2 is 1.97 bits per heavy atom. The van der Waals surface area contributed by atoms with Crippen LogP contribution in [0.1, 0.15) is 15.2 Å². The lowest BCUT2D eigenvalue weighted by Gasteiger charge is -2.08. The van der Waals surface area contributed by atoms with Crippen molar-refractivity contribution < 1.29 is 4.79 Å². The summed E-state index contributed by atoms with van der Waals surface area (Å²) in [5.41, 5.74) is 10.6. The van der Waals surface area contributed by atoms with E-state index in [1.807, 2.05) is 60.0 Å². The van der Waals surface area contributed by atoms with Crippen molar-refractivity contribution in [2.24, 2.45) is 0 Å². The van der Waals surface area contributed by atoms with Crippen LogP contribution in [0.4, 0.5) is 5.69 Å². The van der Waals surface area contributed by atoms with E-state index in [-0.39, 0.29) is 5.91 Å². The highest BCUT2D eigenvalue weighted by Crippen LogP contribution is 2.42. The molecule has 0 saturated heterocycles. The van der Waals surface area contributed by atoms with Gasteiger partial charge in [0, 0.05) is 29.3 Å². The molecule has 3 N–H and O–H groups in total. The molecular weight excluding hydrogens is 460 g/mol. The maximum Gasteiger partial charge on any atom is 0.263 e. The average Bonchev–Trinajstić information content (AvgIpc) is 3.47. The first-order chi connectivity index (χ1) is 15.6. The minimum absolute atomic E-state index is 0.228. The van der Waals surface area contributed by atoms with E-state index in [9.17, 15) is 4.79 Å². The molecule has 0 saturated carbocycles. The first-order valence-electron chi connectivity index (χ1n) is 9.80. The Morgan fingerprint density at radius 1 is 1.12 bits per heavy atom. The van der Waals surface area contributed by atoms with Gasteiger partial charge in [-0.05, 0) is 52.4 Å². The van der Waals surface area contributed by atoms with Crippen LogP contribution in [-0.2, 0) is 6.54 Å². The molecule has 5 rings (SSSR count). The molecule has 4 aromatic heterocycles. The minimum Gasteiger partial charge on any atom is -0.397 e. The van der Waals surface area contributed by atoms with Gasteiger partial charge in [0.1, 0.15) is 9.71 Å². The van der Waals surface area contributed by atoms with Crippen LogP contribution in [0.3, 0.4) is 0 Å². The van der Waals surface area contributed by atoms with Crippen LogP contribution in [0, 0.1) is 0 Å². The largest absolute Gasteiger partial charge is 0.397 e. The van der Waals surface area contributed by atoms with Crippen LogP contribution in [0.15, 0.2) is 72.4 Å². The number of amides is 1. The molecule has 4 heterocycles. The van der Waals surface area contributed by atoms with Crippen molar-refractivity contribution in [2.45, 2.75) is 6.54 Å². The van der Waals surface area contributed by atoms with Gasteiger partial charge in [-0.15, -0.1) is 22.7 Å². The number of carbonyl (C=O) groups is 1. The van der Waals surface area contributed by atoms with Crippen LogP contribution in [0.25, 0.3) is 31.9 Å². The summed E-state index contributed by atoms with van der Waals surface area (Å²) in [6.07, 6.45) is 3.42. The Bertz CT molecular complexity index is 1400. The third kappa shape index (κ3) is 3.98. The van der Waals surface area contributed by atoms with Gasteiger partial charge in [0.25, 0.3) is 5.91 Å². The van der Waals surface area contributed by atoms with Crippen molar-refractivity contribution >= 4 is 56.1 Å². The van der Waals surface area contributed by atoms with Gasteiger partial charge in [-0.25, -0.2) is 4.98 Å². The van der Waals surface area contributed by atoms with Gasteiger partial charge in [0.2, 0.25) is 0 Å². The zero-order chi connectivity index (χ0) is 22.1. The molecule has 0 atom stereocenters. The summed E-state index contributed by atoms with van der Waals surface area (Å²) in [7, 11) is 0. The normalized spacial score (nSPS) is 11.0. The van der Waals surface area contributed by atoms with E-state index in [0.717, 1.165) is 37.5 Å². The number of rotatable bonds is 5. The Kier molecular flexibility index (Phi) is 5.61. The number of nitrogen functional groups attached to an aromatic ring is 1. The number of pyridine rings is 2. The SMILES string of the molecule is Nc1c(C(=O)NCc2cccnc2)sc2nc(-c3cccs3)cc(-c3ccc(Cl)cc3)c12. The highest BCUT2D eigenvalue weighted by molar-refractivity contribution is 7.21. The molecule has 8 heteroatoms. The Labute approximate surface area is 197 Å². The van der Waals surface area contributed by atoms with Crippen molar-refractivity contribution in [1.29, 1.82) is 0 Å². The molecule has 0 spiro atoms. The molecule has 1 amide bonds. The zero-order valence-electron chi connectivity index (χ0n) is 16.7. The van der Waals surface area contributed by atoms with Crippen molar-refractivity contribution in [3.05, 3.63) is 87.8 Å². The van der Waals surface area contributed by atoms with Crippen LogP contribution >= 0.6 is 34.3 Å². The summed E-state index contributed by atoms with van der Waals surface area (Å²) < 4.78 is 0. The lowest BCUT2D eigenvalue weighted by molar-refractivity contribution is 0.0956. The Morgan fingerprint density at radius 3 is 2.69 bits per heavy atom. The molecule has 0 radical (unpaired) electrons. The molecule has 0 aliphatic rings. The second kappa shape index (κ2) is 8.70. The number of hydrogen-bond acceptors (Lipinski definition) is 6. The summed E-state index contributed by atoms with van der Waals surface area (Å²) in [5.74, 6) is -0.228. The monoisotopic (exact) mass is 476 g/mol. The van der Waals surface area contributed by atoms with E-state index in [2.05, 4.69) is 10.3 Å². The second-order valence-electron chi connectivity index (χ2n) is 7.11. The molecule has 0 unspecified atom stereocenters. The molecule has 32 heavy (non-hydrogen) atoms. The van der Waals surface area contributed by atoms with Gasteiger partial charge in [0.05, 0.1) is 16.3 Å². The van der Waals surface area contributed by atoms with Crippen molar-refractivity contribution in [1.82, 2.24) is 15.3 Å². The van der Waals surface area contributed by atoms with E-state index < -0.39 is 0 Å². The summed E-state index contributed by atoms with van der Waals surface area (Å²) in [5, 5.41) is 6.39. The summed E-state index contributed by atoms with van der Waals surface area (Å²) in [6, 6.07) is 17.4. The fraction of sp³-hybridized carbons (Fsp3) is 0.0417. The van der Waals surface area contributed by atoms with E-state index in [1.165, 1.54) is 11.3 Å². The molecule has 0 fully saturated rings. The molecule has 5 nitrogen and oxygen atoms in total. The highest BCUT2D eigenvalue weighted by Gasteiger charge is 2.21. The van der Waals surface area contributed by atoms with Gasteiger partial charge in [0.15, 0.2) is 0 Å². The van der Waals surface area contributed by atoms with E-state index in [0.29, 0.717) is 22.1 Å². The minimum atomic E-state index is -0.228. The van der Waals surface area contributed by atoms with E-state index in [1.54, 1.807) is 23.7 Å². The molecule has 158 valence electrons. The molecular formula is C24H17ClN4OS2. The number of nitrogens with one attached hydrogen (secondary N) is 1. The number of halogens is 1. The Hall–Kier alpha value is -3.26. The van der Waals surface area contributed by atoms with Crippen molar-refractivity contribution in [3.8, 4) is 21.7 Å². The smallest absolute Gasteiger partial charge is 0.263 e.